The van der Waals surface area contributed by atoms with Crippen LogP contribution in [0.15, 0.2) is 28.4 Å². The summed E-state index contributed by atoms with van der Waals surface area (Å²) in [5.74, 6) is 0.648. The normalized spacial score (nSPS) is 10.7. The van der Waals surface area contributed by atoms with Crippen molar-refractivity contribution in [2.75, 3.05) is 11.9 Å². The van der Waals surface area contributed by atoms with Crippen molar-refractivity contribution in [3.8, 4) is 0 Å². The third-order valence-electron chi connectivity index (χ3n) is 2.14. The first-order chi connectivity index (χ1) is 8.60. The van der Waals surface area contributed by atoms with Gasteiger partial charge in [0.25, 0.3) is 0 Å². The molecule has 0 saturated carbocycles. The van der Waals surface area contributed by atoms with Gasteiger partial charge in [-0.2, -0.15) is 5.10 Å². The minimum Gasteiger partial charge on any atom is -0.369 e. The monoisotopic (exact) mass is 302 g/mol. The summed E-state index contributed by atoms with van der Waals surface area (Å²) >= 11 is 13.6. The fourth-order valence-electron chi connectivity index (χ4n) is 1.38. The maximum Gasteiger partial charge on any atom is 0.146 e. The number of hydrogen-bond donors (Lipinski definition) is 1. The van der Waals surface area contributed by atoms with Crippen molar-refractivity contribution in [2.45, 2.75) is 16.8 Å². The van der Waals surface area contributed by atoms with Crippen LogP contribution >= 0.6 is 35.0 Å². The molecule has 4 nitrogen and oxygen atoms in total. The number of pyridine rings is 1. The van der Waals surface area contributed by atoms with Crippen LogP contribution in [0.2, 0.25) is 10.0 Å². The Morgan fingerprint density at radius 1 is 1.39 bits per heavy atom. The van der Waals surface area contributed by atoms with Crippen LogP contribution in [0.1, 0.15) is 6.92 Å². The number of anilines is 1. The van der Waals surface area contributed by atoms with Crippen LogP contribution in [-0.2, 0) is 7.05 Å². The third kappa shape index (κ3) is 3.10. The van der Waals surface area contributed by atoms with E-state index < -0.39 is 0 Å². The molecule has 0 fully saturated rings. The Kier molecular flexibility index (Phi) is 4.37. The van der Waals surface area contributed by atoms with Gasteiger partial charge in [0.05, 0.1) is 21.1 Å². The number of halogens is 2. The number of aryl methyl sites for hydroxylation is 1. The van der Waals surface area contributed by atoms with Gasteiger partial charge in [0.2, 0.25) is 0 Å². The van der Waals surface area contributed by atoms with Gasteiger partial charge >= 0.3 is 0 Å². The van der Waals surface area contributed by atoms with Crippen LogP contribution < -0.4 is 5.32 Å². The number of nitrogens with one attached hydrogen (secondary N) is 1. The highest BCUT2D eigenvalue weighted by molar-refractivity contribution is 7.99. The Hall–Kier alpha value is -0.910. The first kappa shape index (κ1) is 13.5. The van der Waals surface area contributed by atoms with E-state index in [1.165, 1.54) is 11.8 Å². The minimum atomic E-state index is 0.525. The summed E-state index contributed by atoms with van der Waals surface area (Å²) in [7, 11) is 1.87. The summed E-state index contributed by atoms with van der Waals surface area (Å²) in [6.07, 6.45) is 3.68. The molecule has 96 valence electrons. The molecule has 0 aliphatic carbocycles. The van der Waals surface area contributed by atoms with Crippen LogP contribution in [0.5, 0.6) is 0 Å². The van der Waals surface area contributed by atoms with Gasteiger partial charge in [-0.3, -0.25) is 4.68 Å². The van der Waals surface area contributed by atoms with Gasteiger partial charge in [-0.15, -0.1) is 0 Å². The summed E-state index contributed by atoms with van der Waals surface area (Å²) in [5.41, 5.74) is 0. The molecule has 1 N–H and O–H groups in total. The second-order valence-corrected chi connectivity index (χ2v) is 5.46. The van der Waals surface area contributed by atoms with E-state index in [4.69, 9.17) is 23.2 Å². The molecule has 0 radical (unpaired) electrons. The van der Waals surface area contributed by atoms with Gasteiger partial charge in [0.15, 0.2) is 0 Å². The van der Waals surface area contributed by atoms with E-state index in [1.807, 2.05) is 20.2 Å². The topological polar surface area (TPSA) is 42.7 Å². The Labute approximate surface area is 120 Å². The van der Waals surface area contributed by atoms with Crippen molar-refractivity contribution in [3.63, 3.8) is 0 Å². The molecular formula is C11H12Cl2N4S. The Bertz CT molecular complexity index is 556. The third-order valence-corrected chi connectivity index (χ3v) is 3.78. The number of nitrogens with zero attached hydrogens (tertiary/aromatic N) is 3. The van der Waals surface area contributed by atoms with E-state index in [1.54, 1.807) is 16.9 Å². The quantitative estimate of drug-likeness (QED) is 0.935. The van der Waals surface area contributed by atoms with Gasteiger partial charge in [-0.1, -0.05) is 35.0 Å². The summed E-state index contributed by atoms with van der Waals surface area (Å²) in [6.45, 7) is 2.74. The predicted octanol–water partition coefficient (Wildman–Crippen LogP) is 3.70. The molecular weight excluding hydrogens is 291 g/mol. The summed E-state index contributed by atoms with van der Waals surface area (Å²) in [4.78, 5) is 5.40. The Morgan fingerprint density at radius 3 is 2.78 bits per heavy atom. The zero-order valence-electron chi connectivity index (χ0n) is 9.94. The molecule has 2 rings (SSSR count). The molecule has 2 aromatic rings. The number of hydrogen-bond acceptors (Lipinski definition) is 4. The molecule has 0 bridgehead atoms. The van der Waals surface area contributed by atoms with Crippen molar-refractivity contribution >= 4 is 40.8 Å². The van der Waals surface area contributed by atoms with Crippen molar-refractivity contribution < 1.29 is 0 Å². The zero-order valence-corrected chi connectivity index (χ0v) is 12.3. The highest BCUT2D eigenvalue weighted by Gasteiger charge is 2.11. The lowest BCUT2D eigenvalue weighted by atomic mass is 10.4. The maximum absolute atomic E-state index is 6.14. The van der Waals surface area contributed by atoms with E-state index in [9.17, 15) is 0 Å². The van der Waals surface area contributed by atoms with Crippen molar-refractivity contribution in [1.82, 2.24) is 14.8 Å². The first-order valence-electron chi connectivity index (χ1n) is 5.36. The highest BCUT2D eigenvalue weighted by atomic mass is 35.5. The largest absolute Gasteiger partial charge is 0.369 e. The first-order valence-corrected chi connectivity index (χ1v) is 6.93. The van der Waals surface area contributed by atoms with Crippen molar-refractivity contribution in [3.05, 3.63) is 28.5 Å². The van der Waals surface area contributed by atoms with E-state index in [0.717, 1.165) is 11.4 Å². The lowest BCUT2D eigenvalue weighted by Gasteiger charge is -2.08. The molecule has 0 aliphatic heterocycles. The van der Waals surface area contributed by atoms with E-state index in [-0.39, 0.29) is 0 Å². The zero-order chi connectivity index (χ0) is 13.1. The number of aromatic nitrogens is 3. The summed E-state index contributed by atoms with van der Waals surface area (Å²) < 4.78 is 1.73. The molecule has 0 aliphatic rings. The predicted molar refractivity (Wildman–Crippen MR) is 75.8 cm³/mol. The highest BCUT2D eigenvalue weighted by Crippen LogP contribution is 2.35. The van der Waals surface area contributed by atoms with Gasteiger partial charge in [0, 0.05) is 19.8 Å². The summed E-state index contributed by atoms with van der Waals surface area (Å²) in [5, 5.41) is 8.98. The molecule has 0 saturated heterocycles. The fraction of sp³-hybridized carbons (Fsp3) is 0.273. The Balaban J connectivity index is 2.29. The van der Waals surface area contributed by atoms with Crippen molar-refractivity contribution in [1.29, 1.82) is 0 Å². The van der Waals surface area contributed by atoms with E-state index in [0.29, 0.717) is 20.9 Å². The maximum atomic E-state index is 6.14. The standard InChI is InChI=1S/C11H12Cl2N4S/c1-3-14-10-8(12)4-9(13)11(16-10)18-7-5-15-17(2)6-7/h4-6H,3H2,1-2H3,(H,14,16). The molecule has 0 aromatic carbocycles. The average Bonchev–Trinajstić information content (AvgIpc) is 2.71. The van der Waals surface area contributed by atoms with Crippen LogP contribution in [0.3, 0.4) is 0 Å². The van der Waals surface area contributed by atoms with E-state index in [2.05, 4.69) is 15.4 Å². The van der Waals surface area contributed by atoms with Crippen LogP contribution in [0.25, 0.3) is 0 Å². The molecule has 2 heterocycles. The van der Waals surface area contributed by atoms with Gasteiger partial charge in [-0.05, 0) is 13.0 Å². The SMILES string of the molecule is CCNc1nc(Sc2cnn(C)c2)c(Cl)cc1Cl. The molecule has 7 heteroatoms. The van der Waals surface area contributed by atoms with Crippen LogP contribution in [0, 0.1) is 0 Å². The van der Waals surface area contributed by atoms with Gasteiger partial charge in [0.1, 0.15) is 10.8 Å². The molecule has 0 spiro atoms. The van der Waals surface area contributed by atoms with Gasteiger partial charge < -0.3 is 5.32 Å². The molecule has 0 amide bonds. The van der Waals surface area contributed by atoms with Crippen LogP contribution in [0.4, 0.5) is 5.82 Å². The summed E-state index contributed by atoms with van der Waals surface area (Å²) in [6, 6.07) is 1.70. The van der Waals surface area contributed by atoms with E-state index >= 15 is 0 Å². The molecule has 0 atom stereocenters. The number of rotatable bonds is 4. The second kappa shape index (κ2) is 5.82. The molecule has 2 aromatic heterocycles. The van der Waals surface area contributed by atoms with Gasteiger partial charge in [-0.25, -0.2) is 4.98 Å². The fourth-order valence-corrected chi connectivity index (χ4v) is 2.74. The minimum absolute atomic E-state index is 0.525. The Morgan fingerprint density at radius 2 is 2.17 bits per heavy atom. The average molecular weight is 303 g/mol. The van der Waals surface area contributed by atoms with Crippen molar-refractivity contribution in [2.24, 2.45) is 7.05 Å². The molecule has 18 heavy (non-hydrogen) atoms. The second-order valence-electron chi connectivity index (χ2n) is 3.59. The lowest BCUT2D eigenvalue weighted by molar-refractivity contribution is 0.766. The molecule has 0 unspecified atom stereocenters. The van der Waals surface area contributed by atoms with Crippen LogP contribution in [-0.4, -0.2) is 21.3 Å². The lowest BCUT2D eigenvalue weighted by Crippen LogP contribution is -2.00. The smallest absolute Gasteiger partial charge is 0.146 e.